The highest BCUT2D eigenvalue weighted by molar-refractivity contribution is 6.04. The highest BCUT2D eigenvalue weighted by Gasteiger charge is 2.24. The maximum Gasteiger partial charge on any atom is 0.265 e. The number of methoxy groups -OCH3 is 1. The minimum absolute atomic E-state index is 0.0961. The molecule has 0 aliphatic rings. The Morgan fingerprint density at radius 2 is 1.51 bits per heavy atom. The van der Waals surface area contributed by atoms with Gasteiger partial charge in [-0.15, -0.1) is 0 Å². The molecule has 0 bridgehead atoms. The number of ether oxygens (including phenoxy) is 1. The van der Waals surface area contributed by atoms with Crippen LogP contribution in [0, 0.1) is 0 Å². The third-order valence-electron chi connectivity index (χ3n) is 6.95. The molecule has 184 valence electrons. The van der Waals surface area contributed by atoms with E-state index in [1.807, 2.05) is 102 Å². The first-order chi connectivity index (χ1) is 18.1. The number of rotatable bonds is 6. The van der Waals surface area contributed by atoms with E-state index in [9.17, 15) is 4.79 Å². The molecule has 0 saturated carbocycles. The van der Waals surface area contributed by atoms with Gasteiger partial charge in [0.05, 0.1) is 30.7 Å². The Bertz CT molecular complexity index is 1800. The van der Waals surface area contributed by atoms with Crippen LogP contribution in [0.15, 0.2) is 83.7 Å². The highest BCUT2D eigenvalue weighted by Crippen LogP contribution is 2.28. The molecule has 0 aliphatic carbocycles. The van der Waals surface area contributed by atoms with Crippen LogP contribution >= 0.6 is 0 Å². The van der Waals surface area contributed by atoms with Crippen LogP contribution in [-0.4, -0.2) is 31.2 Å². The fourth-order valence-corrected chi connectivity index (χ4v) is 5.01. The molecule has 7 heteroatoms. The average Bonchev–Trinajstić information content (AvgIpc) is 3.24. The molecule has 0 N–H and O–H groups in total. The molecule has 0 radical (unpaired) electrons. The maximum atomic E-state index is 14.2. The van der Waals surface area contributed by atoms with Crippen molar-refractivity contribution in [3.8, 4) is 5.75 Å². The number of aryl methyl sites for hydroxylation is 1. The van der Waals surface area contributed by atoms with Crippen LogP contribution in [0.3, 0.4) is 0 Å². The van der Waals surface area contributed by atoms with E-state index < -0.39 is 0 Å². The molecule has 7 nitrogen and oxygen atoms in total. The molecule has 0 saturated heterocycles. The number of para-hydroxylation sites is 2. The zero-order chi connectivity index (χ0) is 25.5. The van der Waals surface area contributed by atoms with Gasteiger partial charge in [0.2, 0.25) is 0 Å². The Balaban J connectivity index is 1.66. The summed E-state index contributed by atoms with van der Waals surface area (Å²) in [5.41, 5.74) is 5.39. The van der Waals surface area contributed by atoms with Crippen LogP contribution in [-0.2, 0) is 13.0 Å². The van der Waals surface area contributed by atoms with Gasteiger partial charge >= 0.3 is 0 Å². The zero-order valence-electron chi connectivity index (χ0n) is 21.0. The summed E-state index contributed by atoms with van der Waals surface area (Å²) < 4.78 is 9.15. The minimum atomic E-state index is -0.172. The molecular formula is C30H27N5O2. The number of aromatic nitrogens is 5. The van der Waals surface area contributed by atoms with Gasteiger partial charge in [0.15, 0.2) is 11.3 Å². The fraction of sp³-hybridized carbons (Fsp3) is 0.200. The quantitative estimate of drug-likeness (QED) is 0.308. The molecule has 0 fully saturated rings. The van der Waals surface area contributed by atoms with Crippen molar-refractivity contribution in [3.63, 3.8) is 0 Å². The van der Waals surface area contributed by atoms with Crippen molar-refractivity contribution in [1.82, 2.24) is 24.1 Å². The number of fused-ring (bicyclic) bond motifs is 4. The summed E-state index contributed by atoms with van der Waals surface area (Å²) in [7, 11) is 1.65. The molecule has 0 spiro atoms. The summed E-state index contributed by atoms with van der Waals surface area (Å²) in [6.07, 6.45) is 0.620. The van der Waals surface area contributed by atoms with Crippen LogP contribution in [0.1, 0.15) is 36.8 Å². The summed E-state index contributed by atoms with van der Waals surface area (Å²) in [6.45, 7) is 4.58. The first kappa shape index (κ1) is 22.9. The summed E-state index contributed by atoms with van der Waals surface area (Å²) >= 11 is 0. The van der Waals surface area contributed by atoms with Gasteiger partial charge in [0, 0.05) is 6.42 Å². The van der Waals surface area contributed by atoms with Gasteiger partial charge in [0.25, 0.3) is 5.56 Å². The first-order valence-electron chi connectivity index (χ1n) is 12.5. The molecule has 6 aromatic rings. The lowest BCUT2D eigenvalue weighted by Crippen LogP contribution is -2.28. The van der Waals surface area contributed by atoms with E-state index in [4.69, 9.17) is 19.7 Å². The molecule has 3 aromatic carbocycles. The zero-order valence-corrected chi connectivity index (χ0v) is 21.0. The van der Waals surface area contributed by atoms with Gasteiger partial charge in [-0.3, -0.25) is 9.36 Å². The van der Waals surface area contributed by atoms with Crippen LogP contribution in [0.4, 0.5) is 0 Å². The number of hydrogen-bond donors (Lipinski definition) is 0. The average molecular weight is 490 g/mol. The third-order valence-corrected chi connectivity index (χ3v) is 6.95. The van der Waals surface area contributed by atoms with Gasteiger partial charge in [-0.05, 0) is 42.3 Å². The van der Waals surface area contributed by atoms with Gasteiger partial charge in [0.1, 0.15) is 22.5 Å². The molecule has 6 rings (SSSR count). The van der Waals surface area contributed by atoms with E-state index in [-0.39, 0.29) is 11.6 Å². The van der Waals surface area contributed by atoms with Crippen molar-refractivity contribution in [1.29, 1.82) is 0 Å². The van der Waals surface area contributed by atoms with Gasteiger partial charge < -0.3 is 9.30 Å². The van der Waals surface area contributed by atoms with Crippen molar-refractivity contribution >= 4 is 33.2 Å². The second-order valence-electron chi connectivity index (χ2n) is 9.16. The van der Waals surface area contributed by atoms with Crippen LogP contribution in [0.5, 0.6) is 5.75 Å². The van der Waals surface area contributed by atoms with Gasteiger partial charge in [-0.2, -0.15) is 0 Å². The van der Waals surface area contributed by atoms with Crippen molar-refractivity contribution in [2.45, 2.75) is 32.9 Å². The predicted molar refractivity (Wildman–Crippen MR) is 146 cm³/mol. The first-order valence-corrected chi connectivity index (χ1v) is 12.5. The number of nitrogens with zero attached hydrogens (tertiary/aromatic N) is 5. The van der Waals surface area contributed by atoms with E-state index in [2.05, 4.69) is 0 Å². The smallest absolute Gasteiger partial charge is 0.265 e. The number of hydrogen-bond acceptors (Lipinski definition) is 5. The van der Waals surface area contributed by atoms with E-state index in [0.717, 1.165) is 33.7 Å². The molecule has 0 amide bonds. The summed E-state index contributed by atoms with van der Waals surface area (Å²) in [5.74, 6) is 1.53. The van der Waals surface area contributed by atoms with Crippen LogP contribution in [0.25, 0.3) is 33.2 Å². The Morgan fingerprint density at radius 1 is 0.838 bits per heavy atom. The van der Waals surface area contributed by atoms with Crippen molar-refractivity contribution in [3.05, 3.63) is 106 Å². The van der Waals surface area contributed by atoms with E-state index >= 15 is 0 Å². The predicted octanol–water partition coefficient (Wildman–Crippen LogP) is 5.52. The Hall–Kier alpha value is -4.52. The third kappa shape index (κ3) is 3.83. The standard InChI is InChI=1S/C30H27N5O2/c1-4-25-33-28-26(30(36)35(25)19(2)21-10-6-5-7-11-21)27-29(32-24-13-9-8-12-23(24)31-27)34(28)18-20-14-16-22(37-3)17-15-20/h5-17,19H,4,18H2,1-3H3. The second kappa shape index (κ2) is 9.17. The van der Waals surface area contributed by atoms with Gasteiger partial charge in [-0.1, -0.05) is 61.5 Å². The summed E-state index contributed by atoms with van der Waals surface area (Å²) in [4.78, 5) is 29.2. The molecule has 37 heavy (non-hydrogen) atoms. The Labute approximate surface area is 214 Å². The summed E-state index contributed by atoms with van der Waals surface area (Å²) in [5, 5.41) is 0.502. The van der Waals surface area contributed by atoms with Gasteiger partial charge in [-0.25, -0.2) is 15.0 Å². The molecule has 3 aromatic heterocycles. The SMILES string of the molecule is CCc1nc2c(c(=O)n1C(C)c1ccccc1)c1nc3ccccc3nc1n2Cc1ccc(OC)cc1. The maximum absolute atomic E-state index is 14.2. The molecular weight excluding hydrogens is 462 g/mol. The van der Waals surface area contributed by atoms with E-state index in [1.165, 1.54) is 0 Å². The lowest BCUT2D eigenvalue weighted by molar-refractivity contribution is 0.414. The van der Waals surface area contributed by atoms with Crippen molar-refractivity contribution in [2.24, 2.45) is 0 Å². The summed E-state index contributed by atoms with van der Waals surface area (Å²) in [6, 6.07) is 25.5. The Kier molecular flexibility index (Phi) is 5.68. The largest absolute Gasteiger partial charge is 0.497 e. The molecule has 1 unspecified atom stereocenters. The molecule has 0 aliphatic heterocycles. The van der Waals surface area contributed by atoms with Crippen molar-refractivity contribution in [2.75, 3.05) is 7.11 Å². The molecule has 1 atom stereocenters. The van der Waals surface area contributed by atoms with Crippen LogP contribution < -0.4 is 10.3 Å². The van der Waals surface area contributed by atoms with E-state index in [1.54, 1.807) is 7.11 Å². The topological polar surface area (TPSA) is 74.8 Å². The monoisotopic (exact) mass is 489 g/mol. The molecule has 3 heterocycles. The lowest BCUT2D eigenvalue weighted by atomic mass is 10.1. The normalized spacial score (nSPS) is 12.4. The lowest BCUT2D eigenvalue weighted by Gasteiger charge is -2.19. The second-order valence-corrected chi connectivity index (χ2v) is 9.16. The van der Waals surface area contributed by atoms with Crippen molar-refractivity contribution < 1.29 is 4.74 Å². The Morgan fingerprint density at radius 3 is 2.19 bits per heavy atom. The highest BCUT2D eigenvalue weighted by atomic mass is 16.5. The van der Waals surface area contributed by atoms with E-state index in [0.29, 0.717) is 35.2 Å². The minimum Gasteiger partial charge on any atom is -0.497 e. The number of benzene rings is 3. The van der Waals surface area contributed by atoms with Crippen LogP contribution in [0.2, 0.25) is 0 Å². The fourth-order valence-electron chi connectivity index (χ4n) is 5.01.